The van der Waals surface area contributed by atoms with Gasteiger partial charge in [0.1, 0.15) is 0 Å². The molecule has 0 spiro atoms. The smallest absolute Gasteiger partial charge is 0.261 e. The van der Waals surface area contributed by atoms with Gasteiger partial charge in [0.25, 0.3) is 8.32 Å². The van der Waals surface area contributed by atoms with Gasteiger partial charge in [-0.1, -0.05) is 130 Å². The first kappa shape index (κ1) is 29.1. The second-order valence-electron chi connectivity index (χ2n) is 10.7. The summed E-state index contributed by atoms with van der Waals surface area (Å²) < 4.78 is 7.01. The van der Waals surface area contributed by atoms with Crippen LogP contribution in [0.15, 0.2) is 95.6 Å². The second kappa shape index (κ2) is 14.4. The molecular weight excluding hydrogens is 440 g/mol. The van der Waals surface area contributed by atoms with Crippen molar-refractivity contribution in [2.24, 2.45) is 0 Å². The topological polar surface area (TPSA) is 9.23 Å². The highest BCUT2D eigenvalue weighted by atomic mass is 28.4. The molecule has 0 N–H and O–H groups in total. The predicted octanol–water partition coefficient (Wildman–Crippen LogP) is 8.76. The van der Waals surface area contributed by atoms with E-state index in [4.69, 9.17) is 4.43 Å². The minimum absolute atomic E-state index is 0.0147. The van der Waals surface area contributed by atoms with E-state index in [0.717, 1.165) is 25.7 Å². The van der Waals surface area contributed by atoms with Gasteiger partial charge in [0, 0.05) is 0 Å². The van der Waals surface area contributed by atoms with E-state index >= 15 is 0 Å². The molecule has 0 amide bonds. The fourth-order valence-corrected chi connectivity index (χ4v) is 9.24. The molecule has 0 aliphatic carbocycles. The average Bonchev–Trinajstić information content (AvgIpc) is 2.85. The Hall–Kier alpha value is -2.16. The van der Waals surface area contributed by atoms with Gasteiger partial charge in [0.15, 0.2) is 0 Å². The molecule has 2 aromatic rings. The molecule has 0 heterocycles. The molecule has 35 heavy (non-hydrogen) atoms. The lowest BCUT2D eigenvalue weighted by molar-refractivity contribution is 0.338. The van der Waals surface area contributed by atoms with Crippen LogP contribution >= 0.6 is 0 Å². The molecule has 0 aliphatic heterocycles. The lowest BCUT2D eigenvalue weighted by atomic mass is 10.0. The third kappa shape index (κ3) is 8.47. The van der Waals surface area contributed by atoms with Gasteiger partial charge in [-0.05, 0) is 67.8 Å². The maximum Gasteiger partial charge on any atom is 0.261 e. The number of hydrogen-bond donors (Lipinski definition) is 0. The highest BCUT2D eigenvalue weighted by Gasteiger charge is 2.49. The molecule has 2 heteroatoms. The van der Waals surface area contributed by atoms with Gasteiger partial charge in [-0.3, -0.25) is 0 Å². The minimum Gasteiger partial charge on any atom is -0.404 e. The Balaban J connectivity index is 2.12. The summed E-state index contributed by atoms with van der Waals surface area (Å²) >= 11 is 0. The molecule has 0 atom stereocenters. The summed E-state index contributed by atoms with van der Waals surface area (Å²) in [4.78, 5) is 0. The van der Waals surface area contributed by atoms with E-state index in [1.165, 1.54) is 34.4 Å². The van der Waals surface area contributed by atoms with Crippen molar-refractivity contribution in [3.05, 3.63) is 95.6 Å². The van der Waals surface area contributed by atoms with Crippen molar-refractivity contribution >= 4 is 18.7 Å². The van der Waals surface area contributed by atoms with Gasteiger partial charge in [-0.25, -0.2) is 0 Å². The van der Waals surface area contributed by atoms with Crippen LogP contribution in [0.1, 0.15) is 87.0 Å². The van der Waals surface area contributed by atoms with E-state index in [1.54, 1.807) is 5.57 Å². The third-order valence-electron chi connectivity index (χ3n) is 7.09. The standard InChI is InChI=1S/C33H48OSi/c1-8-28(3)18-16-20-30(9-2)21-17-19-29(4)26-27-34-35(33(5,6)7,31-22-12-10-13-23-31)32-24-14-11-15-25-32/h10-15,18,21-26H,8-9,16-17,19-20,27H2,1-7H3/b28-18-,29-26+,30-21+. The monoisotopic (exact) mass is 488 g/mol. The number of rotatable bonds is 13. The largest absolute Gasteiger partial charge is 0.404 e. The highest BCUT2D eigenvalue weighted by Crippen LogP contribution is 2.36. The van der Waals surface area contributed by atoms with E-state index in [0.29, 0.717) is 6.61 Å². The van der Waals surface area contributed by atoms with E-state index in [2.05, 4.69) is 127 Å². The van der Waals surface area contributed by atoms with Crippen molar-refractivity contribution in [3.8, 4) is 0 Å². The van der Waals surface area contributed by atoms with Gasteiger partial charge in [0.05, 0.1) is 6.61 Å². The van der Waals surface area contributed by atoms with Crippen LogP contribution in [0.3, 0.4) is 0 Å². The molecule has 0 aliphatic rings. The Morgan fingerprint density at radius 1 is 0.714 bits per heavy atom. The van der Waals surface area contributed by atoms with E-state index < -0.39 is 8.32 Å². The van der Waals surface area contributed by atoms with Crippen LogP contribution in [-0.4, -0.2) is 14.9 Å². The number of allylic oxidation sites excluding steroid dienone is 5. The van der Waals surface area contributed by atoms with Crippen molar-refractivity contribution < 1.29 is 4.43 Å². The molecule has 190 valence electrons. The van der Waals surface area contributed by atoms with Crippen molar-refractivity contribution in [3.63, 3.8) is 0 Å². The number of hydrogen-bond acceptors (Lipinski definition) is 1. The maximum atomic E-state index is 7.01. The molecule has 0 aromatic heterocycles. The molecule has 0 fully saturated rings. The highest BCUT2D eigenvalue weighted by molar-refractivity contribution is 6.99. The first-order chi connectivity index (χ1) is 16.7. The van der Waals surface area contributed by atoms with Gasteiger partial charge in [-0.15, -0.1) is 0 Å². The SMILES string of the molecule is CC/C(C)=C\CC/C(=C/CC/C(C)=C/CO[Si](c1ccccc1)(c1ccccc1)C(C)(C)C)CC. The summed E-state index contributed by atoms with van der Waals surface area (Å²) in [6.07, 6.45) is 14.1. The summed E-state index contributed by atoms with van der Waals surface area (Å²) in [6, 6.07) is 21.8. The first-order valence-corrected chi connectivity index (χ1v) is 15.4. The second-order valence-corrected chi connectivity index (χ2v) is 15.0. The Morgan fingerprint density at radius 2 is 1.26 bits per heavy atom. The van der Waals surface area contributed by atoms with E-state index in [-0.39, 0.29) is 5.04 Å². The summed E-state index contributed by atoms with van der Waals surface area (Å²) in [5, 5.41) is 2.70. The predicted molar refractivity (Wildman–Crippen MR) is 158 cm³/mol. The van der Waals surface area contributed by atoms with Gasteiger partial charge < -0.3 is 4.43 Å². The Bertz CT molecular complexity index is 922. The quantitative estimate of drug-likeness (QED) is 0.202. The van der Waals surface area contributed by atoms with Gasteiger partial charge in [-0.2, -0.15) is 0 Å². The molecular formula is C33H48OSi. The van der Waals surface area contributed by atoms with Crippen molar-refractivity contribution in [1.29, 1.82) is 0 Å². The molecule has 2 rings (SSSR count). The summed E-state index contributed by atoms with van der Waals surface area (Å²) in [6.45, 7) is 16.7. The molecule has 1 nitrogen and oxygen atoms in total. The van der Waals surface area contributed by atoms with Crippen LogP contribution in [0.25, 0.3) is 0 Å². The minimum atomic E-state index is -2.46. The van der Waals surface area contributed by atoms with Gasteiger partial charge >= 0.3 is 0 Å². The van der Waals surface area contributed by atoms with E-state index in [1.807, 2.05) is 0 Å². The molecule has 0 saturated carbocycles. The Kier molecular flexibility index (Phi) is 12.0. The molecule has 2 aromatic carbocycles. The van der Waals surface area contributed by atoms with Crippen LogP contribution in [0.2, 0.25) is 5.04 Å². The van der Waals surface area contributed by atoms with E-state index in [9.17, 15) is 0 Å². The first-order valence-electron chi connectivity index (χ1n) is 13.5. The normalized spacial score (nSPS) is 13.9. The lowest BCUT2D eigenvalue weighted by Gasteiger charge is -2.42. The number of benzene rings is 2. The fourth-order valence-electron chi connectivity index (χ4n) is 4.75. The van der Waals surface area contributed by atoms with Crippen molar-refractivity contribution in [2.45, 2.75) is 92.0 Å². The zero-order valence-electron chi connectivity index (χ0n) is 23.4. The summed E-state index contributed by atoms with van der Waals surface area (Å²) in [5.41, 5.74) is 4.50. The maximum absolute atomic E-state index is 7.01. The van der Waals surface area contributed by atoms with Crippen molar-refractivity contribution in [2.75, 3.05) is 6.61 Å². The zero-order valence-corrected chi connectivity index (χ0v) is 24.4. The average molecular weight is 489 g/mol. The molecule has 0 saturated heterocycles. The summed E-state index contributed by atoms with van der Waals surface area (Å²) in [5.74, 6) is 0. The van der Waals surface area contributed by atoms with Crippen LogP contribution < -0.4 is 10.4 Å². The van der Waals surface area contributed by atoms with Crippen LogP contribution in [-0.2, 0) is 4.43 Å². The Labute approximate surface area is 217 Å². The molecule has 0 bridgehead atoms. The molecule has 0 radical (unpaired) electrons. The van der Waals surface area contributed by atoms with Gasteiger partial charge in [0.2, 0.25) is 0 Å². The fraction of sp³-hybridized carbons (Fsp3) is 0.455. The van der Waals surface area contributed by atoms with Crippen molar-refractivity contribution in [1.82, 2.24) is 0 Å². The van der Waals surface area contributed by atoms with Crippen LogP contribution in [0.5, 0.6) is 0 Å². The third-order valence-corrected chi connectivity index (χ3v) is 12.1. The van der Waals surface area contributed by atoms with Crippen LogP contribution in [0.4, 0.5) is 0 Å². The lowest BCUT2D eigenvalue weighted by Crippen LogP contribution is -2.66. The summed E-state index contributed by atoms with van der Waals surface area (Å²) in [7, 11) is -2.46. The molecule has 0 unspecified atom stereocenters. The van der Waals surface area contributed by atoms with Crippen LogP contribution in [0, 0.1) is 0 Å². The Morgan fingerprint density at radius 3 is 1.74 bits per heavy atom. The zero-order chi connectivity index (χ0) is 25.7.